The maximum atomic E-state index is 13.1. The first-order valence-electron chi connectivity index (χ1n) is 11.9. The predicted octanol–water partition coefficient (Wildman–Crippen LogP) is 3.48. The summed E-state index contributed by atoms with van der Waals surface area (Å²) in [6.45, 7) is 8.18. The molecule has 2 atom stereocenters. The number of hydrogen-bond donors (Lipinski definition) is 1. The molecule has 5 heteroatoms. The molecule has 1 aliphatic heterocycles. The summed E-state index contributed by atoms with van der Waals surface area (Å²) >= 11 is 0. The van der Waals surface area contributed by atoms with Gasteiger partial charge in [-0.15, -0.1) is 0 Å². The molecule has 1 heterocycles. The van der Waals surface area contributed by atoms with Gasteiger partial charge in [-0.05, 0) is 36.7 Å². The summed E-state index contributed by atoms with van der Waals surface area (Å²) in [6, 6.07) is 10.2. The van der Waals surface area contributed by atoms with E-state index in [0.717, 1.165) is 58.4 Å². The summed E-state index contributed by atoms with van der Waals surface area (Å²) in [5.41, 5.74) is 1.21. The van der Waals surface area contributed by atoms with Gasteiger partial charge in [0.2, 0.25) is 11.8 Å². The fourth-order valence-electron chi connectivity index (χ4n) is 4.78. The first-order chi connectivity index (χ1) is 14.6. The summed E-state index contributed by atoms with van der Waals surface area (Å²) < 4.78 is 0. The van der Waals surface area contributed by atoms with Crippen LogP contribution in [-0.4, -0.2) is 60.4 Å². The van der Waals surface area contributed by atoms with E-state index in [-0.39, 0.29) is 17.9 Å². The molecule has 0 bridgehead atoms. The second kappa shape index (κ2) is 11.5. The maximum absolute atomic E-state index is 13.1. The average Bonchev–Trinajstić information content (AvgIpc) is 3.31. The minimum Gasteiger partial charge on any atom is -0.354 e. The molecular weight excluding hydrogens is 374 g/mol. The number of aryl methyl sites for hydroxylation is 1. The van der Waals surface area contributed by atoms with E-state index in [1.165, 1.54) is 18.4 Å². The van der Waals surface area contributed by atoms with Crippen LogP contribution < -0.4 is 5.32 Å². The normalized spacial score (nSPS) is 20.1. The van der Waals surface area contributed by atoms with E-state index in [0.29, 0.717) is 18.3 Å². The van der Waals surface area contributed by atoms with Crippen molar-refractivity contribution in [3.8, 4) is 0 Å². The molecular formula is C25H39N3O2. The minimum atomic E-state index is -0.0295. The van der Waals surface area contributed by atoms with E-state index in [1.807, 2.05) is 23.1 Å². The van der Waals surface area contributed by atoms with Crippen molar-refractivity contribution in [3.63, 3.8) is 0 Å². The third kappa shape index (κ3) is 6.31. The molecule has 0 unspecified atom stereocenters. The highest BCUT2D eigenvalue weighted by Crippen LogP contribution is 2.31. The quantitative estimate of drug-likeness (QED) is 0.674. The van der Waals surface area contributed by atoms with Gasteiger partial charge in [-0.1, -0.05) is 63.4 Å². The van der Waals surface area contributed by atoms with Crippen molar-refractivity contribution in [2.24, 2.45) is 11.8 Å². The van der Waals surface area contributed by atoms with Crippen LogP contribution in [0, 0.1) is 11.8 Å². The summed E-state index contributed by atoms with van der Waals surface area (Å²) in [5.74, 6) is 1.41. The predicted molar refractivity (Wildman–Crippen MR) is 121 cm³/mol. The standard InChI is InChI=1S/C25H39N3O2/c1-3-20(2)19-26-25(30)24(22-11-7-8-12-22)28-17-15-27(16-18-28)23(29)14-13-21-9-5-4-6-10-21/h4-6,9-10,20,22,24H,3,7-8,11-19H2,1-2H3,(H,26,30)/t20-,24-/m1/s1. The lowest BCUT2D eigenvalue weighted by atomic mass is 9.94. The van der Waals surface area contributed by atoms with Crippen LogP contribution in [0.2, 0.25) is 0 Å². The van der Waals surface area contributed by atoms with E-state index in [1.54, 1.807) is 0 Å². The molecule has 1 saturated heterocycles. The number of carbonyl (C=O) groups is 2. The molecule has 0 aromatic heterocycles. The first-order valence-corrected chi connectivity index (χ1v) is 11.9. The van der Waals surface area contributed by atoms with Crippen LogP contribution in [0.15, 0.2) is 30.3 Å². The van der Waals surface area contributed by atoms with Crippen LogP contribution in [0.4, 0.5) is 0 Å². The van der Waals surface area contributed by atoms with E-state index in [2.05, 4.69) is 36.2 Å². The van der Waals surface area contributed by atoms with E-state index >= 15 is 0 Å². The van der Waals surface area contributed by atoms with Gasteiger partial charge >= 0.3 is 0 Å². The van der Waals surface area contributed by atoms with Crippen molar-refractivity contribution in [3.05, 3.63) is 35.9 Å². The number of carbonyl (C=O) groups excluding carboxylic acids is 2. The lowest BCUT2D eigenvalue weighted by Gasteiger charge is -2.41. The highest BCUT2D eigenvalue weighted by atomic mass is 16.2. The molecule has 166 valence electrons. The van der Waals surface area contributed by atoms with E-state index < -0.39 is 0 Å². The van der Waals surface area contributed by atoms with Crippen LogP contribution in [-0.2, 0) is 16.0 Å². The Labute approximate surface area is 182 Å². The Morgan fingerprint density at radius 1 is 1.07 bits per heavy atom. The number of piperazine rings is 1. The Morgan fingerprint density at radius 3 is 2.37 bits per heavy atom. The molecule has 1 aromatic carbocycles. The van der Waals surface area contributed by atoms with Crippen molar-refractivity contribution < 1.29 is 9.59 Å². The Balaban J connectivity index is 1.51. The molecule has 2 fully saturated rings. The fraction of sp³-hybridized carbons (Fsp3) is 0.680. The molecule has 1 aliphatic carbocycles. The minimum absolute atomic E-state index is 0.0295. The van der Waals surface area contributed by atoms with Crippen LogP contribution in [0.25, 0.3) is 0 Å². The van der Waals surface area contributed by atoms with Crippen molar-refractivity contribution in [1.29, 1.82) is 0 Å². The lowest BCUT2D eigenvalue weighted by molar-refractivity contribution is -0.135. The highest BCUT2D eigenvalue weighted by Gasteiger charge is 2.37. The van der Waals surface area contributed by atoms with Crippen molar-refractivity contribution in [2.75, 3.05) is 32.7 Å². The van der Waals surface area contributed by atoms with E-state index in [9.17, 15) is 9.59 Å². The zero-order valence-corrected chi connectivity index (χ0v) is 18.8. The molecule has 5 nitrogen and oxygen atoms in total. The second-order valence-electron chi connectivity index (χ2n) is 9.15. The molecule has 2 amide bonds. The zero-order valence-electron chi connectivity index (χ0n) is 18.8. The Hall–Kier alpha value is -1.88. The molecule has 0 radical (unpaired) electrons. The first kappa shape index (κ1) is 22.8. The second-order valence-corrected chi connectivity index (χ2v) is 9.15. The number of amides is 2. The van der Waals surface area contributed by atoms with Crippen molar-refractivity contribution in [1.82, 2.24) is 15.1 Å². The van der Waals surface area contributed by atoms with E-state index in [4.69, 9.17) is 0 Å². The molecule has 3 rings (SSSR count). The van der Waals surface area contributed by atoms with Gasteiger partial charge in [-0.2, -0.15) is 0 Å². The van der Waals surface area contributed by atoms with Crippen molar-refractivity contribution >= 4 is 11.8 Å². The van der Waals surface area contributed by atoms with Gasteiger partial charge in [-0.3, -0.25) is 14.5 Å². The Morgan fingerprint density at radius 2 is 1.73 bits per heavy atom. The Bertz CT molecular complexity index is 664. The molecule has 2 aliphatic rings. The van der Waals surface area contributed by atoms with Gasteiger partial charge in [0.1, 0.15) is 0 Å². The number of nitrogens with zero attached hydrogens (tertiary/aromatic N) is 2. The summed E-state index contributed by atoms with van der Waals surface area (Å²) in [5, 5.41) is 3.22. The van der Waals surface area contributed by atoms with Gasteiger partial charge in [0, 0.05) is 39.1 Å². The number of hydrogen-bond acceptors (Lipinski definition) is 3. The molecule has 1 N–H and O–H groups in total. The third-order valence-corrected chi connectivity index (χ3v) is 6.97. The SMILES string of the molecule is CC[C@@H](C)CNC(=O)[C@@H](C1CCCC1)N1CCN(C(=O)CCc2ccccc2)CC1. The maximum Gasteiger partial charge on any atom is 0.237 e. The van der Waals surface area contributed by atoms with Gasteiger partial charge in [-0.25, -0.2) is 0 Å². The smallest absolute Gasteiger partial charge is 0.237 e. The molecule has 0 spiro atoms. The number of benzene rings is 1. The van der Waals surface area contributed by atoms with Crippen molar-refractivity contribution in [2.45, 2.75) is 64.8 Å². The van der Waals surface area contributed by atoms with Gasteiger partial charge in [0.25, 0.3) is 0 Å². The monoisotopic (exact) mass is 413 g/mol. The van der Waals surface area contributed by atoms with Gasteiger partial charge < -0.3 is 10.2 Å². The molecule has 1 saturated carbocycles. The fourth-order valence-corrected chi connectivity index (χ4v) is 4.78. The summed E-state index contributed by atoms with van der Waals surface area (Å²) in [7, 11) is 0. The highest BCUT2D eigenvalue weighted by molar-refractivity contribution is 5.82. The number of nitrogens with one attached hydrogen (secondary N) is 1. The topological polar surface area (TPSA) is 52.7 Å². The van der Waals surface area contributed by atoms with Gasteiger partial charge in [0.15, 0.2) is 0 Å². The largest absolute Gasteiger partial charge is 0.354 e. The summed E-state index contributed by atoms with van der Waals surface area (Å²) in [4.78, 5) is 30.1. The lowest BCUT2D eigenvalue weighted by Crippen LogP contribution is -2.58. The molecule has 1 aromatic rings. The molecule has 30 heavy (non-hydrogen) atoms. The van der Waals surface area contributed by atoms with Crippen LogP contribution in [0.3, 0.4) is 0 Å². The van der Waals surface area contributed by atoms with Crippen LogP contribution in [0.5, 0.6) is 0 Å². The van der Waals surface area contributed by atoms with Crippen LogP contribution in [0.1, 0.15) is 57.9 Å². The summed E-state index contributed by atoms with van der Waals surface area (Å²) in [6.07, 6.45) is 7.21. The average molecular weight is 414 g/mol. The Kier molecular flexibility index (Phi) is 8.74. The van der Waals surface area contributed by atoms with Gasteiger partial charge in [0.05, 0.1) is 6.04 Å². The van der Waals surface area contributed by atoms with Crippen LogP contribution >= 0.6 is 0 Å². The zero-order chi connectivity index (χ0) is 21.3. The number of rotatable bonds is 9. The third-order valence-electron chi connectivity index (χ3n) is 6.97.